The van der Waals surface area contributed by atoms with Crippen molar-refractivity contribution >= 4 is 0 Å². The van der Waals surface area contributed by atoms with Gasteiger partial charge >= 0.3 is 0 Å². The summed E-state index contributed by atoms with van der Waals surface area (Å²) in [5.74, 6) is 0. The first kappa shape index (κ1) is 11.8. The molecular formula is C15H16NO-. The third kappa shape index (κ3) is 3.70. The van der Waals surface area contributed by atoms with Crippen LogP contribution < -0.4 is 5.48 Å². The lowest BCUT2D eigenvalue weighted by Crippen LogP contribution is -2.28. The lowest BCUT2D eigenvalue weighted by molar-refractivity contribution is 0.581. The maximum absolute atomic E-state index is 11.0. The van der Waals surface area contributed by atoms with Crippen LogP contribution in [0.5, 0.6) is 0 Å². The van der Waals surface area contributed by atoms with Gasteiger partial charge in [-0.05, 0) is 24.0 Å². The van der Waals surface area contributed by atoms with Gasteiger partial charge in [0.1, 0.15) is 0 Å². The van der Waals surface area contributed by atoms with E-state index in [9.17, 15) is 5.21 Å². The van der Waals surface area contributed by atoms with Crippen LogP contribution in [0.1, 0.15) is 11.1 Å². The topological polar surface area (TPSA) is 35.1 Å². The van der Waals surface area contributed by atoms with Crippen LogP contribution in [-0.2, 0) is 12.8 Å². The molecule has 2 nitrogen and oxygen atoms in total. The largest absolute Gasteiger partial charge is 0.788 e. The van der Waals surface area contributed by atoms with Gasteiger partial charge in [-0.2, -0.15) is 0 Å². The summed E-state index contributed by atoms with van der Waals surface area (Å²) in [5.41, 5.74) is 4.53. The molecule has 88 valence electrons. The second-order valence-electron chi connectivity index (χ2n) is 4.19. The maximum atomic E-state index is 11.0. The summed E-state index contributed by atoms with van der Waals surface area (Å²) in [6, 6.07) is 20.1. The summed E-state index contributed by atoms with van der Waals surface area (Å²) >= 11 is 0. The van der Waals surface area contributed by atoms with Gasteiger partial charge in [-0.1, -0.05) is 60.7 Å². The van der Waals surface area contributed by atoms with E-state index in [4.69, 9.17) is 0 Å². The Morgan fingerprint density at radius 3 is 1.53 bits per heavy atom. The molecule has 2 rings (SSSR count). The monoisotopic (exact) mass is 226 g/mol. The smallest absolute Gasteiger partial charge is 0.00311 e. The third-order valence-corrected chi connectivity index (χ3v) is 2.82. The molecule has 0 bridgehead atoms. The van der Waals surface area contributed by atoms with E-state index < -0.39 is 0 Å². The highest BCUT2D eigenvalue weighted by molar-refractivity contribution is 5.19. The molecule has 0 atom stereocenters. The highest BCUT2D eigenvalue weighted by Gasteiger charge is 2.05. The van der Waals surface area contributed by atoms with E-state index >= 15 is 0 Å². The fraction of sp³-hybridized carbons (Fsp3) is 0.200. The van der Waals surface area contributed by atoms with Crippen LogP contribution in [0, 0.1) is 5.21 Å². The SMILES string of the molecule is [O-]NC(Cc1ccccc1)Cc1ccccc1. The van der Waals surface area contributed by atoms with Gasteiger partial charge in [-0.15, -0.1) is 0 Å². The molecule has 0 saturated carbocycles. The van der Waals surface area contributed by atoms with Crippen molar-refractivity contribution in [3.05, 3.63) is 77.0 Å². The van der Waals surface area contributed by atoms with Crippen LogP contribution in [0.4, 0.5) is 0 Å². The van der Waals surface area contributed by atoms with Gasteiger partial charge < -0.3 is 10.7 Å². The summed E-state index contributed by atoms with van der Waals surface area (Å²) < 4.78 is 0. The molecule has 0 saturated heterocycles. The van der Waals surface area contributed by atoms with Crippen molar-refractivity contribution in [1.29, 1.82) is 0 Å². The zero-order valence-electron chi connectivity index (χ0n) is 9.67. The van der Waals surface area contributed by atoms with E-state index in [1.807, 2.05) is 36.4 Å². The number of rotatable bonds is 5. The van der Waals surface area contributed by atoms with Gasteiger partial charge in [0.05, 0.1) is 0 Å². The summed E-state index contributed by atoms with van der Waals surface area (Å²) in [6.45, 7) is 0. The Morgan fingerprint density at radius 1 is 0.765 bits per heavy atom. The number of nitrogens with one attached hydrogen (secondary N) is 1. The van der Waals surface area contributed by atoms with Gasteiger partial charge in [0.25, 0.3) is 0 Å². The molecule has 0 aliphatic heterocycles. The van der Waals surface area contributed by atoms with Crippen LogP contribution in [0.3, 0.4) is 0 Å². The second-order valence-corrected chi connectivity index (χ2v) is 4.19. The first-order chi connectivity index (χ1) is 8.38. The van der Waals surface area contributed by atoms with Crippen LogP contribution in [0.25, 0.3) is 0 Å². The quantitative estimate of drug-likeness (QED) is 0.795. The predicted molar refractivity (Wildman–Crippen MR) is 70.6 cm³/mol. The predicted octanol–water partition coefficient (Wildman–Crippen LogP) is 2.93. The van der Waals surface area contributed by atoms with Crippen molar-refractivity contribution in [3.63, 3.8) is 0 Å². The average Bonchev–Trinajstić information content (AvgIpc) is 2.40. The van der Waals surface area contributed by atoms with Crippen molar-refractivity contribution in [2.24, 2.45) is 0 Å². The summed E-state index contributed by atoms with van der Waals surface area (Å²) in [5, 5.41) is 11.0. The normalized spacial score (nSPS) is 10.7. The fourth-order valence-electron chi connectivity index (χ4n) is 1.95. The molecule has 0 unspecified atom stereocenters. The van der Waals surface area contributed by atoms with E-state index in [-0.39, 0.29) is 6.04 Å². The number of hydrogen-bond acceptors (Lipinski definition) is 2. The molecule has 0 spiro atoms. The Balaban J connectivity index is 1.98. The van der Waals surface area contributed by atoms with Crippen LogP contribution in [-0.4, -0.2) is 6.04 Å². The summed E-state index contributed by atoms with van der Waals surface area (Å²) in [7, 11) is 0. The van der Waals surface area contributed by atoms with Gasteiger partial charge in [-0.3, -0.25) is 0 Å². The zero-order chi connectivity index (χ0) is 11.9. The Morgan fingerprint density at radius 2 is 1.18 bits per heavy atom. The highest BCUT2D eigenvalue weighted by Crippen LogP contribution is 2.08. The minimum absolute atomic E-state index is 0.0557. The average molecular weight is 226 g/mol. The first-order valence-corrected chi connectivity index (χ1v) is 5.84. The van der Waals surface area contributed by atoms with Crippen molar-refractivity contribution < 1.29 is 0 Å². The minimum atomic E-state index is -0.0557. The van der Waals surface area contributed by atoms with Crippen molar-refractivity contribution in [2.75, 3.05) is 0 Å². The Bertz CT molecular complexity index is 386. The van der Waals surface area contributed by atoms with Gasteiger partial charge in [0, 0.05) is 6.04 Å². The number of hydrogen-bond donors (Lipinski definition) is 1. The molecule has 0 fully saturated rings. The standard InChI is InChI=1S/C15H16NO/c17-16-15(11-13-7-3-1-4-8-13)12-14-9-5-2-6-10-14/h1-10,15-16H,11-12H2/q-1. The van der Waals surface area contributed by atoms with Crippen molar-refractivity contribution in [3.8, 4) is 0 Å². The second kappa shape index (κ2) is 6.18. The molecule has 0 radical (unpaired) electrons. The molecule has 0 heterocycles. The summed E-state index contributed by atoms with van der Waals surface area (Å²) in [4.78, 5) is 0. The van der Waals surface area contributed by atoms with Gasteiger partial charge in [-0.25, -0.2) is 0 Å². The number of hydroxylamine groups is 1. The lowest BCUT2D eigenvalue weighted by atomic mass is 10.00. The fourth-order valence-corrected chi connectivity index (χ4v) is 1.95. The van der Waals surface area contributed by atoms with E-state index in [1.165, 1.54) is 11.1 Å². The molecule has 1 N–H and O–H groups in total. The third-order valence-electron chi connectivity index (χ3n) is 2.82. The molecule has 2 heteroatoms. The van der Waals surface area contributed by atoms with Crippen molar-refractivity contribution in [2.45, 2.75) is 18.9 Å². The minimum Gasteiger partial charge on any atom is -0.788 e. The van der Waals surface area contributed by atoms with E-state index in [0.717, 1.165) is 12.8 Å². The van der Waals surface area contributed by atoms with Gasteiger partial charge in [0.15, 0.2) is 0 Å². The van der Waals surface area contributed by atoms with Crippen LogP contribution in [0.2, 0.25) is 0 Å². The molecule has 0 aromatic heterocycles. The van der Waals surface area contributed by atoms with Gasteiger partial charge in [0.2, 0.25) is 0 Å². The zero-order valence-corrected chi connectivity index (χ0v) is 9.67. The van der Waals surface area contributed by atoms with E-state index in [0.29, 0.717) is 0 Å². The Labute approximate surface area is 102 Å². The Hall–Kier alpha value is -1.64. The first-order valence-electron chi connectivity index (χ1n) is 5.84. The summed E-state index contributed by atoms with van der Waals surface area (Å²) in [6.07, 6.45) is 1.53. The molecular weight excluding hydrogens is 210 g/mol. The van der Waals surface area contributed by atoms with Crippen LogP contribution >= 0.6 is 0 Å². The lowest BCUT2D eigenvalue weighted by Gasteiger charge is -2.22. The van der Waals surface area contributed by atoms with Crippen molar-refractivity contribution in [1.82, 2.24) is 5.48 Å². The van der Waals surface area contributed by atoms with E-state index in [2.05, 4.69) is 29.7 Å². The highest BCUT2D eigenvalue weighted by atomic mass is 16.5. The molecule has 0 aliphatic rings. The number of benzene rings is 2. The molecule has 17 heavy (non-hydrogen) atoms. The maximum Gasteiger partial charge on any atom is 0.00311 e. The molecule has 2 aromatic rings. The van der Waals surface area contributed by atoms with Crippen LogP contribution in [0.15, 0.2) is 60.7 Å². The molecule has 2 aromatic carbocycles. The molecule has 0 aliphatic carbocycles. The Kier molecular flexibility index (Phi) is 4.30. The molecule has 0 amide bonds. The van der Waals surface area contributed by atoms with E-state index in [1.54, 1.807) is 0 Å².